The molecule has 136 valence electrons. The van der Waals surface area contributed by atoms with Gasteiger partial charge in [0.05, 0.1) is 10.6 Å². The van der Waals surface area contributed by atoms with Crippen molar-refractivity contribution in [2.75, 3.05) is 18.4 Å². The molecule has 4 nitrogen and oxygen atoms in total. The fourth-order valence-electron chi connectivity index (χ4n) is 2.99. The van der Waals surface area contributed by atoms with Gasteiger partial charge in [-0.15, -0.1) is 0 Å². The van der Waals surface area contributed by atoms with Gasteiger partial charge in [0.2, 0.25) is 5.91 Å². The van der Waals surface area contributed by atoms with Gasteiger partial charge in [0, 0.05) is 34.2 Å². The van der Waals surface area contributed by atoms with Crippen molar-refractivity contribution >= 4 is 56.6 Å². The van der Waals surface area contributed by atoms with Crippen molar-refractivity contribution in [1.82, 2.24) is 4.90 Å². The molecule has 0 unspecified atom stereocenters. The number of halogens is 3. The van der Waals surface area contributed by atoms with Gasteiger partial charge in [-0.2, -0.15) is 0 Å². The molecule has 1 heterocycles. The second kappa shape index (κ2) is 8.42. The molecular formula is C19H17BrCl2N2O2. The van der Waals surface area contributed by atoms with Crippen LogP contribution in [0.15, 0.2) is 46.9 Å². The van der Waals surface area contributed by atoms with Crippen LogP contribution in [0.25, 0.3) is 0 Å². The Kier molecular flexibility index (Phi) is 6.22. The molecule has 1 aliphatic rings. The number of carbonyl (C=O) groups excluding carboxylic acids is 2. The van der Waals surface area contributed by atoms with Crippen LogP contribution in [-0.4, -0.2) is 29.8 Å². The van der Waals surface area contributed by atoms with Gasteiger partial charge in [-0.25, -0.2) is 0 Å². The molecule has 1 aliphatic heterocycles. The number of likely N-dealkylation sites (tertiary alicyclic amines) is 1. The molecular weight excluding hydrogens is 439 g/mol. The van der Waals surface area contributed by atoms with E-state index in [1.165, 1.54) is 0 Å². The van der Waals surface area contributed by atoms with Crippen LogP contribution in [-0.2, 0) is 4.79 Å². The van der Waals surface area contributed by atoms with Gasteiger partial charge in [-0.05, 0) is 49.2 Å². The van der Waals surface area contributed by atoms with Crippen LogP contribution < -0.4 is 5.32 Å². The fourth-order valence-corrected chi connectivity index (χ4v) is 3.88. The number of amides is 2. The highest BCUT2D eigenvalue weighted by Gasteiger charge is 2.28. The third kappa shape index (κ3) is 4.58. The summed E-state index contributed by atoms with van der Waals surface area (Å²) in [6.45, 7) is 1.04. The van der Waals surface area contributed by atoms with E-state index in [1.807, 2.05) is 24.3 Å². The molecule has 0 saturated carbocycles. The molecule has 1 fully saturated rings. The molecule has 3 rings (SSSR count). The number of piperidine rings is 1. The summed E-state index contributed by atoms with van der Waals surface area (Å²) < 4.78 is 0.913. The highest BCUT2D eigenvalue weighted by atomic mass is 79.9. The molecule has 0 aliphatic carbocycles. The maximum atomic E-state index is 12.6. The van der Waals surface area contributed by atoms with Gasteiger partial charge in [0.25, 0.3) is 5.91 Å². The molecule has 26 heavy (non-hydrogen) atoms. The van der Waals surface area contributed by atoms with E-state index < -0.39 is 0 Å². The summed E-state index contributed by atoms with van der Waals surface area (Å²) in [5, 5.41) is 3.77. The Hall–Kier alpha value is -1.56. The quantitative estimate of drug-likeness (QED) is 0.687. The number of carbonyl (C=O) groups is 2. The molecule has 1 N–H and O–H groups in total. The summed E-state index contributed by atoms with van der Waals surface area (Å²) in [6.07, 6.45) is 1.24. The van der Waals surface area contributed by atoms with Crippen LogP contribution in [0, 0.1) is 5.92 Å². The Morgan fingerprint density at radius 1 is 1.08 bits per heavy atom. The fraction of sp³-hybridized carbons (Fsp3) is 0.263. The minimum atomic E-state index is -0.127. The smallest absolute Gasteiger partial charge is 0.255 e. The van der Waals surface area contributed by atoms with E-state index in [2.05, 4.69) is 21.2 Å². The molecule has 0 spiro atoms. The van der Waals surface area contributed by atoms with Crippen LogP contribution in [0.5, 0.6) is 0 Å². The molecule has 0 bridgehead atoms. The first kappa shape index (κ1) is 19.2. The van der Waals surface area contributed by atoms with Crippen LogP contribution >= 0.6 is 39.1 Å². The van der Waals surface area contributed by atoms with Crippen molar-refractivity contribution in [3.05, 3.63) is 62.5 Å². The second-order valence-corrected chi connectivity index (χ2v) is 7.95. The van der Waals surface area contributed by atoms with Gasteiger partial charge in [-0.1, -0.05) is 45.2 Å². The predicted octanol–water partition coefficient (Wildman–Crippen LogP) is 5.25. The van der Waals surface area contributed by atoms with Gasteiger partial charge in [0.1, 0.15) is 0 Å². The summed E-state index contributed by atoms with van der Waals surface area (Å²) >= 11 is 15.4. The SMILES string of the molecule is O=C(Nc1cccc(Br)c1)C1CCN(C(=O)c2ccc(Cl)cc2Cl)CC1. The Labute approximate surface area is 170 Å². The van der Waals surface area contributed by atoms with Gasteiger partial charge in [0.15, 0.2) is 0 Å². The molecule has 0 atom stereocenters. The molecule has 7 heteroatoms. The minimum absolute atomic E-state index is 0.0141. The number of nitrogens with zero attached hydrogens (tertiary/aromatic N) is 1. The summed E-state index contributed by atoms with van der Waals surface area (Å²) in [4.78, 5) is 26.8. The van der Waals surface area contributed by atoms with Crippen molar-refractivity contribution in [3.63, 3.8) is 0 Å². The largest absolute Gasteiger partial charge is 0.339 e. The average molecular weight is 456 g/mol. The van der Waals surface area contributed by atoms with Crippen LogP contribution in [0.2, 0.25) is 10.0 Å². The zero-order valence-corrected chi connectivity index (χ0v) is 16.9. The first-order chi connectivity index (χ1) is 12.4. The molecule has 2 aromatic rings. The van der Waals surface area contributed by atoms with Gasteiger partial charge in [-0.3, -0.25) is 9.59 Å². The number of rotatable bonds is 3. The summed E-state index contributed by atoms with van der Waals surface area (Å²) in [7, 11) is 0. The summed E-state index contributed by atoms with van der Waals surface area (Å²) in [6, 6.07) is 12.3. The normalized spacial score (nSPS) is 15.0. The Bertz CT molecular complexity index is 836. The van der Waals surface area contributed by atoms with Crippen LogP contribution in [0.3, 0.4) is 0 Å². The maximum absolute atomic E-state index is 12.6. The number of benzene rings is 2. The molecule has 2 amide bonds. The van der Waals surface area contributed by atoms with Crippen LogP contribution in [0.1, 0.15) is 23.2 Å². The molecule has 2 aromatic carbocycles. The van der Waals surface area contributed by atoms with E-state index in [1.54, 1.807) is 23.1 Å². The number of anilines is 1. The third-order valence-corrected chi connectivity index (χ3v) is 5.45. The van der Waals surface area contributed by atoms with Crippen molar-refractivity contribution in [3.8, 4) is 0 Å². The van der Waals surface area contributed by atoms with Gasteiger partial charge >= 0.3 is 0 Å². The lowest BCUT2D eigenvalue weighted by molar-refractivity contribution is -0.121. The van der Waals surface area contributed by atoms with Crippen molar-refractivity contribution in [2.24, 2.45) is 5.92 Å². The number of hydrogen-bond acceptors (Lipinski definition) is 2. The van der Waals surface area contributed by atoms with Crippen LogP contribution in [0.4, 0.5) is 5.69 Å². The highest BCUT2D eigenvalue weighted by Crippen LogP contribution is 2.26. The Morgan fingerprint density at radius 2 is 1.81 bits per heavy atom. The lowest BCUT2D eigenvalue weighted by Gasteiger charge is -2.31. The summed E-state index contributed by atoms with van der Waals surface area (Å²) in [5.74, 6) is -0.254. The van der Waals surface area contributed by atoms with Crippen molar-refractivity contribution < 1.29 is 9.59 Å². The van der Waals surface area contributed by atoms with Crippen molar-refractivity contribution in [1.29, 1.82) is 0 Å². The third-order valence-electron chi connectivity index (χ3n) is 4.41. The maximum Gasteiger partial charge on any atom is 0.255 e. The Morgan fingerprint density at radius 3 is 2.46 bits per heavy atom. The predicted molar refractivity (Wildman–Crippen MR) is 108 cm³/mol. The van der Waals surface area contributed by atoms with E-state index in [4.69, 9.17) is 23.2 Å². The lowest BCUT2D eigenvalue weighted by atomic mass is 9.95. The average Bonchev–Trinajstić information content (AvgIpc) is 2.61. The first-order valence-electron chi connectivity index (χ1n) is 8.25. The summed E-state index contributed by atoms with van der Waals surface area (Å²) in [5.41, 5.74) is 1.20. The monoisotopic (exact) mass is 454 g/mol. The van der Waals surface area contributed by atoms with E-state index in [-0.39, 0.29) is 17.7 Å². The topological polar surface area (TPSA) is 49.4 Å². The number of nitrogens with one attached hydrogen (secondary N) is 1. The van der Waals surface area contributed by atoms with E-state index >= 15 is 0 Å². The Balaban J connectivity index is 1.58. The van der Waals surface area contributed by atoms with Gasteiger partial charge < -0.3 is 10.2 Å². The standard InChI is InChI=1S/C19H17BrCl2N2O2/c20-13-2-1-3-15(10-13)23-18(25)12-6-8-24(9-7-12)19(26)16-5-4-14(21)11-17(16)22/h1-5,10-12H,6-9H2,(H,23,25). The van der Waals surface area contributed by atoms with E-state index in [0.717, 1.165) is 10.2 Å². The van der Waals surface area contributed by atoms with E-state index in [0.29, 0.717) is 41.5 Å². The highest BCUT2D eigenvalue weighted by molar-refractivity contribution is 9.10. The molecule has 0 radical (unpaired) electrons. The lowest BCUT2D eigenvalue weighted by Crippen LogP contribution is -2.41. The molecule has 0 aromatic heterocycles. The second-order valence-electron chi connectivity index (χ2n) is 6.19. The zero-order chi connectivity index (χ0) is 18.7. The molecule has 1 saturated heterocycles. The van der Waals surface area contributed by atoms with E-state index in [9.17, 15) is 9.59 Å². The number of hydrogen-bond donors (Lipinski definition) is 1. The van der Waals surface area contributed by atoms with Crippen molar-refractivity contribution in [2.45, 2.75) is 12.8 Å². The first-order valence-corrected chi connectivity index (χ1v) is 9.79. The zero-order valence-electron chi connectivity index (χ0n) is 13.8. The minimum Gasteiger partial charge on any atom is -0.339 e.